The van der Waals surface area contributed by atoms with Gasteiger partial charge in [-0.3, -0.25) is 5.41 Å². The fourth-order valence-corrected chi connectivity index (χ4v) is 4.74. The lowest BCUT2D eigenvalue weighted by Crippen LogP contribution is -2.26. The zero-order valence-electron chi connectivity index (χ0n) is 16.9. The van der Waals surface area contributed by atoms with E-state index in [9.17, 15) is 0 Å². The predicted octanol–water partition coefficient (Wildman–Crippen LogP) is 5.45. The molecule has 7 heteroatoms. The van der Waals surface area contributed by atoms with E-state index in [1.165, 1.54) is 28.2 Å². The Hall–Kier alpha value is -2.38. The van der Waals surface area contributed by atoms with Gasteiger partial charge in [-0.25, -0.2) is 0 Å². The van der Waals surface area contributed by atoms with Crippen LogP contribution >= 0.6 is 23.3 Å². The Morgan fingerprint density at radius 1 is 1.10 bits per heavy atom. The summed E-state index contributed by atoms with van der Waals surface area (Å²) in [7, 11) is 0. The number of aromatic nitrogens is 2. The van der Waals surface area contributed by atoms with E-state index in [-0.39, 0.29) is 0 Å². The molecule has 2 heterocycles. The number of nitrogens with one attached hydrogen (secondary N) is 1. The van der Waals surface area contributed by atoms with E-state index in [0.717, 1.165) is 42.1 Å². The van der Waals surface area contributed by atoms with Crippen LogP contribution in [0.4, 0.5) is 0 Å². The Balaban J connectivity index is 1.46. The molecule has 2 aromatic carbocycles. The number of amidine groups is 1. The van der Waals surface area contributed by atoms with Gasteiger partial charge in [-0.05, 0) is 49.9 Å². The number of hydrogen-bond acceptors (Lipinski definition) is 6. The molecule has 1 aliphatic rings. The summed E-state index contributed by atoms with van der Waals surface area (Å²) in [5.41, 5.74) is 5.80. The highest BCUT2D eigenvalue weighted by atomic mass is 32.2. The standard InChI is InChI=1S/C22H24N4OS2/c1-14-4-6-17(7-5-14)20-24-22(29-25-20)27-19-13-15(2)18(12-16(19)3)8-9-26-10-11-28-21(26)23/h4-7,12-13,23H,8-11H2,1-3H3. The number of ether oxygens (including phenoxy) is 1. The summed E-state index contributed by atoms with van der Waals surface area (Å²) in [4.78, 5) is 6.70. The summed E-state index contributed by atoms with van der Waals surface area (Å²) < 4.78 is 10.5. The molecule has 0 amide bonds. The number of thioether (sulfide) groups is 1. The average Bonchev–Trinajstić information content (AvgIpc) is 3.33. The first-order valence-corrected chi connectivity index (χ1v) is 11.4. The lowest BCUT2D eigenvalue weighted by Gasteiger charge is -2.18. The molecule has 1 N–H and O–H groups in total. The van der Waals surface area contributed by atoms with Crippen LogP contribution in [0.1, 0.15) is 22.3 Å². The van der Waals surface area contributed by atoms with Crippen molar-refractivity contribution >= 4 is 28.5 Å². The molecule has 1 aliphatic heterocycles. The highest BCUT2D eigenvalue weighted by Gasteiger charge is 2.18. The minimum atomic E-state index is 0.554. The number of benzene rings is 2. The van der Waals surface area contributed by atoms with Crippen LogP contribution in [0.15, 0.2) is 36.4 Å². The number of aryl methyl sites for hydroxylation is 3. The third kappa shape index (κ3) is 4.62. The van der Waals surface area contributed by atoms with Crippen molar-refractivity contribution < 1.29 is 4.74 Å². The van der Waals surface area contributed by atoms with Crippen molar-refractivity contribution in [1.29, 1.82) is 5.41 Å². The van der Waals surface area contributed by atoms with E-state index in [4.69, 9.17) is 10.1 Å². The Bertz CT molecular complexity index is 1030. The molecule has 1 aromatic heterocycles. The average molecular weight is 425 g/mol. The molecule has 4 rings (SSSR count). The van der Waals surface area contributed by atoms with Crippen molar-refractivity contribution in [2.45, 2.75) is 27.2 Å². The second-order valence-corrected chi connectivity index (χ2v) is 9.08. The fraction of sp³-hybridized carbons (Fsp3) is 0.318. The molecule has 5 nitrogen and oxygen atoms in total. The van der Waals surface area contributed by atoms with Crippen LogP contribution in [0.5, 0.6) is 10.9 Å². The molecular weight excluding hydrogens is 400 g/mol. The van der Waals surface area contributed by atoms with Gasteiger partial charge in [0.2, 0.25) is 0 Å². The molecule has 3 aromatic rings. The maximum atomic E-state index is 7.96. The Morgan fingerprint density at radius 3 is 2.62 bits per heavy atom. The van der Waals surface area contributed by atoms with Gasteiger partial charge in [-0.15, -0.1) is 0 Å². The van der Waals surface area contributed by atoms with Crippen LogP contribution in [-0.4, -0.2) is 38.3 Å². The minimum Gasteiger partial charge on any atom is -0.430 e. The van der Waals surface area contributed by atoms with Crippen LogP contribution in [0.3, 0.4) is 0 Å². The van der Waals surface area contributed by atoms with E-state index in [1.54, 1.807) is 11.8 Å². The number of hydrogen-bond donors (Lipinski definition) is 1. The van der Waals surface area contributed by atoms with E-state index < -0.39 is 0 Å². The van der Waals surface area contributed by atoms with E-state index in [0.29, 0.717) is 16.2 Å². The summed E-state index contributed by atoms with van der Waals surface area (Å²) >= 11 is 2.90. The monoisotopic (exact) mass is 424 g/mol. The SMILES string of the molecule is Cc1ccc(-c2nsc(Oc3cc(C)c(CCN4CCSC4=N)cc3C)n2)cc1. The summed E-state index contributed by atoms with van der Waals surface area (Å²) in [6.45, 7) is 8.11. The minimum absolute atomic E-state index is 0.554. The van der Waals surface area contributed by atoms with E-state index in [1.807, 2.05) is 12.1 Å². The molecular formula is C22H24N4OS2. The normalized spacial score (nSPS) is 13.9. The first kappa shape index (κ1) is 19.9. The maximum Gasteiger partial charge on any atom is 0.299 e. The van der Waals surface area contributed by atoms with Gasteiger partial charge >= 0.3 is 0 Å². The topological polar surface area (TPSA) is 62.1 Å². The van der Waals surface area contributed by atoms with Gasteiger partial charge in [0.1, 0.15) is 5.75 Å². The fourth-order valence-electron chi connectivity index (χ4n) is 3.31. The molecule has 150 valence electrons. The van der Waals surface area contributed by atoms with Gasteiger partial charge in [-0.2, -0.15) is 9.36 Å². The zero-order valence-corrected chi connectivity index (χ0v) is 18.5. The van der Waals surface area contributed by atoms with Gasteiger partial charge in [-0.1, -0.05) is 47.7 Å². The first-order chi connectivity index (χ1) is 14.0. The molecule has 0 radical (unpaired) electrons. The highest BCUT2D eigenvalue weighted by molar-refractivity contribution is 8.14. The summed E-state index contributed by atoms with van der Waals surface area (Å²) in [6.07, 6.45) is 0.937. The van der Waals surface area contributed by atoms with Crippen LogP contribution < -0.4 is 4.74 Å². The summed E-state index contributed by atoms with van der Waals surface area (Å²) in [6, 6.07) is 12.5. The van der Waals surface area contributed by atoms with Crippen molar-refractivity contribution in [2.24, 2.45) is 0 Å². The van der Waals surface area contributed by atoms with Gasteiger partial charge in [0.05, 0.1) is 0 Å². The van der Waals surface area contributed by atoms with Crippen LogP contribution in [0, 0.1) is 26.2 Å². The van der Waals surface area contributed by atoms with E-state index in [2.05, 4.69) is 59.3 Å². The lowest BCUT2D eigenvalue weighted by atomic mass is 10.0. The molecule has 0 spiro atoms. The van der Waals surface area contributed by atoms with Crippen LogP contribution in [-0.2, 0) is 6.42 Å². The molecule has 0 aliphatic carbocycles. The van der Waals surface area contributed by atoms with E-state index >= 15 is 0 Å². The van der Waals surface area contributed by atoms with Gasteiger partial charge in [0.25, 0.3) is 5.19 Å². The summed E-state index contributed by atoms with van der Waals surface area (Å²) in [5.74, 6) is 2.54. The molecule has 1 saturated heterocycles. The number of rotatable bonds is 6. The van der Waals surface area contributed by atoms with Crippen molar-refractivity contribution in [3.63, 3.8) is 0 Å². The van der Waals surface area contributed by atoms with Gasteiger partial charge < -0.3 is 9.64 Å². The second-order valence-electron chi connectivity index (χ2n) is 7.29. The molecule has 0 saturated carbocycles. The molecule has 29 heavy (non-hydrogen) atoms. The van der Waals surface area contributed by atoms with Crippen LogP contribution in [0.25, 0.3) is 11.4 Å². The second kappa shape index (κ2) is 8.55. The molecule has 0 atom stereocenters. The highest BCUT2D eigenvalue weighted by Crippen LogP contribution is 2.31. The van der Waals surface area contributed by atoms with Gasteiger partial charge in [0, 0.05) is 35.9 Å². The maximum absolute atomic E-state index is 7.96. The summed E-state index contributed by atoms with van der Waals surface area (Å²) in [5, 5.41) is 9.21. The largest absolute Gasteiger partial charge is 0.430 e. The smallest absolute Gasteiger partial charge is 0.299 e. The third-order valence-electron chi connectivity index (χ3n) is 5.09. The predicted molar refractivity (Wildman–Crippen MR) is 122 cm³/mol. The van der Waals surface area contributed by atoms with Crippen LogP contribution in [0.2, 0.25) is 0 Å². The van der Waals surface area contributed by atoms with Crippen molar-refractivity contribution in [3.05, 3.63) is 58.7 Å². The van der Waals surface area contributed by atoms with Crippen molar-refractivity contribution in [3.8, 4) is 22.3 Å². The Morgan fingerprint density at radius 2 is 1.90 bits per heavy atom. The Kier molecular flexibility index (Phi) is 5.87. The zero-order chi connectivity index (χ0) is 20.4. The quantitative estimate of drug-likeness (QED) is 0.570. The van der Waals surface area contributed by atoms with Gasteiger partial charge in [0.15, 0.2) is 11.0 Å². The van der Waals surface area contributed by atoms with Crippen molar-refractivity contribution in [2.75, 3.05) is 18.8 Å². The first-order valence-electron chi connectivity index (χ1n) is 9.64. The molecule has 1 fully saturated rings. The molecule has 0 unspecified atom stereocenters. The molecule has 0 bridgehead atoms. The third-order valence-corrected chi connectivity index (χ3v) is 6.60. The van der Waals surface area contributed by atoms with Crippen molar-refractivity contribution in [1.82, 2.24) is 14.3 Å². The lowest BCUT2D eigenvalue weighted by molar-refractivity contribution is 0.461. The number of nitrogens with zero attached hydrogens (tertiary/aromatic N) is 3. The Labute approximate surface area is 179 Å².